The molecule has 1 amide bonds. The number of fused-ring (bicyclic) bond motifs is 1. The number of benzene rings is 2. The third-order valence-corrected chi connectivity index (χ3v) is 6.36. The zero-order chi connectivity index (χ0) is 25.8. The first-order valence-electron chi connectivity index (χ1n) is 12.1. The molecule has 190 valence electrons. The van der Waals surface area contributed by atoms with E-state index in [4.69, 9.17) is 5.11 Å². The van der Waals surface area contributed by atoms with Crippen molar-refractivity contribution in [1.29, 1.82) is 0 Å². The number of carbonyl (C=O) groups is 1. The van der Waals surface area contributed by atoms with Gasteiger partial charge in [0.1, 0.15) is 11.5 Å². The molecule has 0 atom stereocenters. The summed E-state index contributed by atoms with van der Waals surface area (Å²) in [5, 5.41) is 15.7. The van der Waals surface area contributed by atoms with Gasteiger partial charge in [-0.3, -0.25) is 9.69 Å². The molecule has 10 heteroatoms. The van der Waals surface area contributed by atoms with Gasteiger partial charge in [0, 0.05) is 67.6 Å². The van der Waals surface area contributed by atoms with Crippen LogP contribution in [0.3, 0.4) is 0 Å². The standard InChI is InChI=1S/C27H28FN7O2/c1-2-25(37)30-20-4-3-5-22(16-20)35-9-8-19-18-29-27(32-26(19)35)31-24-7-6-21(17-23(24)28)34-12-10-33(11-13-34)14-15-36/h2-9,16-18,36H,1,10-15H2,(H,30,37)(H,29,31,32). The van der Waals surface area contributed by atoms with Gasteiger partial charge in [-0.2, -0.15) is 4.98 Å². The Morgan fingerprint density at radius 3 is 2.70 bits per heavy atom. The van der Waals surface area contributed by atoms with Gasteiger partial charge in [0.05, 0.1) is 12.3 Å². The second kappa shape index (κ2) is 10.8. The maximum Gasteiger partial charge on any atom is 0.247 e. The number of nitrogens with one attached hydrogen (secondary N) is 2. The number of anilines is 4. The maximum atomic E-state index is 15.0. The topological polar surface area (TPSA) is 98.6 Å². The zero-order valence-corrected chi connectivity index (χ0v) is 20.3. The van der Waals surface area contributed by atoms with E-state index in [9.17, 15) is 4.79 Å². The van der Waals surface area contributed by atoms with Crippen LogP contribution in [0.1, 0.15) is 0 Å². The number of β-amino-alcohol motifs (C(OH)–C–C–N with tert-alkyl or cyclic N) is 1. The smallest absolute Gasteiger partial charge is 0.247 e. The normalized spacial score (nSPS) is 14.1. The monoisotopic (exact) mass is 501 g/mol. The van der Waals surface area contributed by atoms with Crippen molar-refractivity contribution in [2.45, 2.75) is 0 Å². The summed E-state index contributed by atoms with van der Waals surface area (Å²) in [6.07, 6.45) is 4.77. The third-order valence-electron chi connectivity index (χ3n) is 6.36. The van der Waals surface area contributed by atoms with Crippen LogP contribution in [-0.2, 0) is 4.79 Å². The lowest BCUT2D eigenvalue weighted by molar-refractivity contribution is -0.111. The van der Waals surface area contributed by atoms with E-state index in [1.54, 1.807) is 18.3 Å². The number of hydrogen-bond acceptors (Lipinski definition) is 7. The van der Waals surface area contributed by atoms with E-state index in [-0.39, 0.29) is 30.0 Å². The molecule has 0 bridgehead atoms. The Hall–Kier alpha value is -4.28. The predicted octanol–water partition coefficient (Wildman–Crippen LogP) is 3.54. The number of aliphatic hydroxyl groups is 1. The Morgan fingerprint density at radius 1 is 1.11 bits per heavy atom. The molecule has 0 unspecified atom stereocenters. The van der Waals surface area contributed by atoms with Gasteiger partial charge in [-0.15, -0.1) is 0 Å². The van der Waals surface area contributed by atoms with E-state index in [2.05, 4.69) is 37.0 Å². The van der Waals surface area contributed by atoms with Crippen molar-refractivity contribution in [3.63, 3.8) is 0 Å². The number of hydrogen-bond donors (Lipinski definition) is 3. The molecule has 37 heavy (non-hydrogen) atoms. The minimum Gasteiger partial charge on any atom is -0.395 e. The van der Waals surface area contributed by atoms with Gasteiger partial charge in [-0.05, 0) is 48.5 Å². The highest BCUT2D eigenvalue weighted by Gasteiger charge is 2.18. The highest BCUT2D eigenvalue weighted by Crippen LogP contribution is 2.26. The van der Waals surface area contributed by atoms with Crippen molar-refractivity contribution >= 4 is 40.0 Å². The molecule has 3 N–H and O–H groups in total. The van der Waals surface area contributed by atoms with Gasteiger partial charge in [0.15, 0.2) is 0 Å². The van der Waals surface area contributed by atoms with Gasteiger partial charge < -0.3 is 25.2 Å². The first-order valence-corrected chi connectivity index (χ1v) is 12.1. The lowest BCUT2D eigenvalue weighted by atomic mass is 10.2. The SMILES string of the molecule is C=CC(=O)Nc1cccc(-n2ccc3cnc(Nc4ccc(N5CCN(CCO)CC5)cc4F)nc32)c1. The molecule has 3 heterocycles. The fraction of sp³-hybridized carbons (Fsp3) is 0.222. The summed E-state index contributed by atoms with van der Waals surface area (Å²) >= 11 is 0. The van der Waals surface area contributed by atoms with Crippen molar-refractivity contribution in [3.8, 4) is 5.69 Å². The van der Waals surface area contributed by atoms with Gasteiger partial charge in [0.2, 0.25) is 11.9 Å². The van der Waals surface area contributed by atoms with Gasteiger partial charge in [-0.25, -0.2) is 9.37 Å². The second-order valence-corrected chi connectivity index (χ2v) is 8.74. The highest BCUT2D eigenvalue weighted by atomic mass is 19.1. The average Bonchev–Trinajstić information content (AvgIpc) is 3.34. The molecule has 0 radical (unpaired) electrons. The summed E-state index contributed by atoms with van der Waals surface area (Å²) in [6.45, 7) is 7.51. The van der Waals surface area contributed by atoms with Gasteiger partial charge in [-0.1, -0.05) is 12.6 Å². The molecular formula is C27H28FN7O2. The Bertz CT molecular complexity index is 1430. The van der Waals surface area contributed by atoms with Crippen LogP contribution < -0.4 is 15.5 Å². The zero-order valence-electron chi connectivity index (χ0n) is 20.3. The van der Waals surface area contributed by atoms with Gasteiger partial charge >= 0.3 is 0 Å². The molecule has 1 aliphatic rings. The number of rotatable bonds is 8. The van der Waals surface area contributed by atoms with Crippen molar-refractivity contribution in [3.05, 3.63) is 79.4 Å². The second-order valence-electron chi connectivity index (χ2n) is 8.74. The Morgan fingerprint density at radius 2 is 1.95 bits per heavy atom. The third kappa shape index (κ3) is 5.45. The molecular weight excluding hydrogens is 473 g/mol. The van der Waals surface area contributed by atoms with E-state index < -0.39 is 0 Å². The van der Waals surface area contributed by atoms with Crippen LogP contribution in [-0.4, -0.2) is 69.8 Å². The van der Waals surface area contributed by atoms with Crippen LogP contribution in [0.2, 0.25) is 0 Å². The first kappa shape index (κ1) is 24.4. The van der Waals surface area contributed by atoms with Crippen LogP contribution in [0, 0.1) is 5.82 Å². The molecule has 0 spiro atoms. The highest BCUT2D eigenvalue weighted by molar-refractivity contribution is 5.99. The molecule has 2 aromatic carbocycles. The van der Waals surface area contributed by atoms with Crippen molar-refractivity contribution in [2.24, 2.45) is 0 Å². The Labute approximate surface area is 213 Å². The Balaban J connectivity index is 1.34. The van der Waals surface area contributed by atoms with Crippen molar-refractivity contribution in [2.75, 3.05) is 54.9 Å². The number of halogens is 1. The molecule has 1 saturated heterocycles. The van der Waals surface area contributed by atoms with E-state index in [1.807, 2.05) is 41.1 Å². The van der Waals surface area contributed by atoms with Crippen LogP contribution in [0.4, 0.5) is 27.4 Å². The van der Waals surface area contributed by atoms with E-state index in [1.165, 1.54) is 12.1 Å². The number of piperazine rings is 1. The average molecular weight is 502 g/mol. The summed E-state index contributed by atoms with van der Waals surface area (Å²) < 4.78 is 16.9. The molecule has 1 aliphatic heterocycles. The molecule has 0 aliphatic carbocycles. The summed E-state index contributed by atoms with van der Waals surface area (Å²) in [6, 6.07) is 14.4. The number of carbonyl (C=O) groups excluding carboxylic acids is 1. The van der Waals surface area contributed by atoms with Crippen molar-refractivity contribution in [1.82, 2.24) is 19.4 Å². The summed E-state index contributed by atoms with van der Waals surface area (Å²) in [7, 11) is 0. The first-order chi connectivity index (χ1) is 18.0. The number of aromatic nitrogens is 3. The molecule has 0 saturated carbocycles. The van der Waals surface area contributed by atoms with E-state index >= 15 is 4.39 Å². The molecule has 2 aromatic heterocycles. The van der Waals surface area contributed by atoms with Crippen molar-refractivity contribution < 1.29 is 14.3 Å². The molecule has 5 rings (SSSR count). The van der Waals surface area contributed by atoms with Crippen LogP contribution in [0.15, 0.2) is 73.6 Å². The quantitative estimate of drug-likeness (QED) is 0.318. The number of aliphatic hydroxyl groups excluding tert-OH is 1. The number of amides is 1. The molecule has 4 aromatic rings. The van der Waals surface area contributed by atoms with Crippen LogP contribution >= 0.6 is 0 Å². The largest absolute Gasteiger partial charge is 0.395 e. The fourth-order valence-corrected chi connectivity index (χ4v) is 4.41. The van der Waals surface area contributed by atoms with Crippen LogP contribution in [0.25, 0.3) is 16.7 Å². The molecule has 9 nitrogen and oxygen atoms in total. The lowest BCUT2D eigenvalue weighted by Crippen LogP contribution is -2.47. The fourth-order valence-electron chi connectivity index (χ4n) is 4.41. The maximum absolute atomic E-state index is 15.0. The van der Waals surface area contributed by atoms with E-state index in [0.29, 0.717) is 17.9 Å². The Kier molecular flexibility index (Phi) is 7.11. The number of nitrogens with zero attached hydrogens (tertiary/aromatic N) is 5. The summed E-state index contributed by atoms with van der Waals surface area (Å²) in [5.41, 5.74) is 3.18. The molecule has 1 fully saturated rings. The lowest BCUT2D eigenvalue weighted by Gasteiger charge is -2.35. The predicted molar refractivity (Wildman–Crippen MR) is 143 cm³/mol. The van der Waals surface area contributed by atoms with Crippen LogP contribution in [0.5, 0.6) is 0 Å². The van der Waals surface area contributed by atoms with E-state index in [0.717, 1.165) is 42.9 Å². The minimum atomic E-state index is -0.389. The minimum absolute atomic E-state index is 0.147. The summed E-state index contributed by atoms with van der Waals surface area (Å²) in [5.74, 6) is -0.409. The summed E-state index contributed by atoms with van der Waals surface area (Å²) in [4.78, 5) is 25.0. The van der Waals surface area contributed by atoms with Gasteiger partial charge in [0.25, 0.3) is 0 Å².